The van der Waals surface area contributed by atoms with Crippen LogP contribution in [0.1, 0.15) is 25.3 Å². The minimum Gasteiger partial charge on any atom is -0.459 e. The number of hydrogen-bond acceptors (Lipinski definition) is 3. The normalized spacial score (nSPS) is 24.8. The van der Waals surface area contributed by atoms with Crippen molar-refractivity contribution < 1.29 is 9.53 Å². The van der Waals surface area contributed by atoms with Crippen molar-refractivity contribution >= 4 is 5.97 Å². The van der Waals surface area contributed by atoms with Gasteiger partial charge in [-0.3, -0.25) is 9.69 Å². The van der Waals surface area contributed by atoms with Crippen LogP contribution in [0, 0.1) is 0 Å². The van der Waals surface area contributed by atoms with Gasteiger partial charge >= 0.3 is 5.97 Å². The van der Waals surface area contributed by atoms with Gasteiger partial charge in [-0.1, -0.05) is 30.3 Å². The Morgan fingerprint density at radius 1 is 1.41 bits per heavy atom. The van der Waals surface area contributed by atoms with Crippen molar-refractivity contribution in [1.82, 2.24) is 4.90 Å². The molecule has 0 unspecified atom stereocenters. The van der Waals surface area contributed by atoms with E-state index < -0.39 is 5.54 Å². The van der Waals surface area contributed by atoms with Crippen LogP contribution in [0.2, 0.25) is 0 Å². The van der Waals surface area contributed by atoms with E-state index in [1.807, 2.05) is 44.3 Å². The predicted octanol–water partition coefficient (Wildman–Crippen LogP) is 2.21. The fourth-order valence-electron chi connectivity index (χ4n) is 2.23. The van der Waals surface area contributed by atoms with Gasteiger partial charge in [0.2, 0.25) is 0 Å². The molecule has 0 bridgehead atoms. The first-order valence-electron chi connectivity index (χ1n) is 6.05. The minimum atomic E-state index is -0.436. The summed E-state index contributed by atoms with van der Waals surface area (Å²) in [5.74, 6) is -0.110. The fourth-order valence-corrected chi connectivity index (χ4v) is 2.23. The molecule has 0 spiro atoms. The van der Waals surface area contributed by atoms with Gasteiger partial charge in [-0.15, -0.1) is 0 Å². The summed E-state index contributed by atoms with van der Waals surface area (Å²) in [5, 5.41) is 0. The molecule has 0 saturated carbocycles. The molecule has 1 aromatic carbocycles. The van der Waals surface area contributed by atoms with Crippen LogP contribution in [0.25, 0.3) is 0 Å². The van der Waals surface area contributed by atoms with Gasteiger partial charge in [-0.2, -0.15) is 0 Å². The van der Waals surface area contributed by atoms with Crippen LogP contribution >= 0.6 is 0 Å². The lowest BCUT2D eigenvalue weighted by atomic mass is 10.00. The number of likely N-dealkylation sites (tertiary alicyclic amines) is 1. The maximum absolute atomic E-state index is 12.1. The first-order valence-corrected chi connectivity index (χ1v) is 6.05. The van der Waals surface area contributed by atoms with Crippen molar-refractivity contribution in [2.45, 2.75) is 31.9 Å². The topological polar surface area (TPSA) is 29.5 Å². The average molecular weight is 233 g/mol. The number of carbonyl (C=O) groups excluding carboxylic acids is 1. The number of likely N-dealkylation sites (N-methyl/N-ethyl adjacent to an activating group) is 1. The first kappa shape index (κ1) is 12.1. The molecule has 0 amide bonds. The summed E-state index contributed by atoms with van der Waals surface area (Å²) in [6.45, 7) is 3.30. The molecule has 1 saturated heterocycles. The average Bonchev–Trinajstić information content (AvgIpc) is 2.69. The van der Waals surface area contributed by atoms with Gasteiger partial charge in [0.15, 0.2) is 0 Å². The van der Waals surface area contributed by atoms with E-state index in [0.717, 1.165) is 24.9 Å². The van der Waals surface area contributed by atoms with E-state index in [9.17, 15) is 4.79 Å². The van der Waals surface area contributed by atoms with Crippen molar-refractivity contribution in [3.8, 4) is 0 Å². The van der Waals surface area contributed by atoms with Crippen LogP contribution in [0.15, 0.2) is 30.3 Å². The van der Waals surface area contributed by atoms with Crippen molar-refractivity contribution in [1.29, 1.82) is 0 Å². The molecule has 3 nitrogen and oxygen atoms in total. The highest BCUT2D eigenvalue weighted by Crippen LogP contribution is 2.28. The predicted molar refractivity (Wildman–Crippen MR) is 66.5 cm³/mol. The summed E-state index contributed by atoms with van der Waals surface area (Å²) in [6.07, 6.45) is 1.95. The molecule has 1 aromatic rings. The second kappa shape index (κ2) is 4.88. The second-order valence-electron chi connectivity index (χ2n) is 4.86. The van der Waals surface area contributed by atoms with Crippen LogP contribution < -0.4 is 0 Å². The Morgan fingerprint density at radius 2 is 2.12 bits per heavy atom. The van der Waals surface area contributed by atoms with Crippen molar-refractivity contribution in [3.63, 3.8) is 0 Å². The molecule has 1 fully saturated rings. The molecule has 92 valence electrons. The Balaban J connectivity index is 1.94. The van der Waals surface area contributed by atoms with Gasteiger partial charge in [0, 0.05) is 0 Å². The fraction of sp³-hybridized carbons (Fsp3) is 0.500. The third kappa shape index (κ3) is 2.50. The third-order valence-electron chi connectivity index (χ3n) is 3.65. The summed E-state index contributed by atoms with van der Waals surface area (Å²) < 4.78 is 5.40. The smallest absolute Gasteiger partial charge is 0.326 e. The summed E-state index contributed by atoms with van der Waals surface area (Å²) in [5.41, 5.74) is 0.597. The monoisotopic (exact) mass is 233 g/mol. The highest BCUT2D eigenvalue weighted by Gasteiger charge is 2.42. The largest absolute Gasteiger partial charge is 0.459 e. The van der Waals surface area contributed by atoms with Crippen molar-refractivity contribution in [2.75, 3.05) is 13.6 Å². The van der Waals surface area contributed by atoms with Crippen LogP contribution in [0.5, 0.6) is 0 Å². The van der Waals surface area contributed by atoms with Gasteiger partial charge in [0.05, 0.1) is 0 Å². The molecule has 2 rings (SSSR count). The Bertz CT molecular complexity index is 390. The maximum Gasteiger partial charge on any atom is 0.326 e. The number of nitrogens with zero attached hydrogens (tertiary/aromatic N) is 1. The van der Waals surface area contributed by atoms with E-state index in [-0.39, 0.29) is 5.97 Å². The Morgan fingerprint density at radius 3 is 2.71 bits per heavy atom. The lowest BCUT2D eigenvalue weighted by molar-refractivity contribution is -0.156. The second-order valence-corrected chi connectivity index (χ2v) is 4.86. The number of benzene rings is 1. The molecule has 1 aliphatic rings. The summed E-state index contributed by atoms with van der Waals surface area (Å²) in [4.78, 5) is 14.2. The van der Waals surface area contributed by atoms with Crippen LogP contribution in [0.4, 0.5) is 0 Å². The van der Waals surface area contributed by atoms with Crippen molar-refractivity contribution in [3.05, 3.63) is 35.9 Å². The van der Waals surface area contributed by atoms with Crippen molar-refractivity contribution in [2.24, 2.45) is 0 Å². The first-order chi connectivity index (χ1) is 8.13. The van der Waals surface area contributed by atoms with Crippen LogP contribution in [-0.4, -0.2) is 30.0 Å². The van der Waals surface area contributed by atoms with E-state index in [2.05, 4.69) is 4.90 Å². The molecule has 1 heterocycles. The molecule has 1 aliphatic heterocycles. The summed E-state index contributed by atoms with van der Waals surface area (Å²) in [6, 6.07) is 9.79. The van der Waals surface area contributed by atoms with Crippen LogP contribution in [-0.2, 0) is 16.1 Å². The minimum absolute atomic E-state index is 0.110. The lowest BCUT2D eigenvalue weighted by Gasteiger charge is -2.29. The Kier molecular flexibility index (Phi) is 3.48. The number of carbonyl (C=O) groups is 1. The molecule has 0 aliphatic carbocycles. The molecular weight excluding hydrogens is 214 g/mol. The van der Waals surface area contributed by atoms with Gasteiger partial charge in [0.25, 0.3) is 0 Å². The van der Waals surface area contributed by atoms with Crippen LogP contribution in [0.3, 0.4) is 0 Å². The number of esters is 1. The molecule has 1 atom stereocenters. The molecule has 0 radical (unpaired) electrons. The number of hydrogen-bond donors (Lipinski definition) is 0. The number of rotatable bonds is 3. The molecule has 3 heteroatoms. The van der Waals surface area contributed by atoms with E-state index in [4.69, 9.17) is 4.74 Å². The highest BCUT2D eigenvalue weighted by molar-refractivity contribution is 5.80. The molecule has 0 aromatic heterocycles. The van der Waals surface area contributed by atoms with Gasteiger partial charge in [0.1, 0.15) is 12.1 Å². The zero-order valence-corrected chi connectivity index (χ0v) is 10.5. The van der Waals surface area contributed by atoms with E-state index in [0.29, 0.717) is 6.61 Å². The molecule has 17 heavy (non-hydrogen) atoms. The summed E-state index contributed by atoms with van der Waals surface area (Å²) in [7, 11) is 1.98. The molecular formula is C14H19NO2. The maximum atomic E-state index is 12.1. The van der Waals surface area contributed by atoms with Gasteiger partial charge in [-0.05, 0) is 38.9 Å². The Labute approximate surface area is 102 Å². The zero-order chi connectivity index (χ0) is 12.3. The van der Waals surface area contributed by atoms with Gasteiger partial charge < -0.3 is 4.74 Å². The molecule has 0 N–H and O–H groups in total. The van der Waals surface area contributed by atoms with E-state index >= 15 is 0 Å². The summed E-state index contributed by atoms with van der Waals surface area (Å²) >= 11 is 0. The van der Waals surface area contributed by atoms with Gasteiger partial charge in [-0.25, -0.2) is 0 Å². The number of ether oxygens (including phenoxy) is 1. The zero-order valence-electron chi connectivity index (χ0n) is 10.5. The van der Waals surface area contributed by atoms with E-state index in [1.165, 1.54) is 0 Å². The lowest BCUT2D eigenvalue weighted by Crippen LogP contribution is -2.46. The quantitative estimate of drug-likeness (QED) is 0.750. The SMILES string of the molecule is CN1CCC[C@]1(C)C(=O)OCc1ccccc1. The van der Waals surface area contributed by atoms with E-state index in [1.54, 1.807) is 0 Å². The Hall–Kier alpha value is -1.35. The highest BCUT2D eigenvalue weighted by atomic mass is 16.5. The standard InChI is InChI=1S/C14H19NO2/c1-14(9-6-10-15(14)2)13(16)17-11-12-7-4-3-5-8-12/h3-5,7-8H,6,9-11H2,1-2H3/t14-/m1/s1. The third-order valence-corrected chi connectivity index (χ3v) is 3.65.